The number of nitrogens with one attached hydrogen (secondary N) is 1. The van der Waals surface area contributed by atoms with Crippen LogP contribution < -0.4 is 5.32 Å². The van der Waals surface area contributed by atoms with Crippen molar-refractivity contribution in [3.8, 4) is 0 Å². The molecule has 1 N–H and O–H groups in total. The van der Waals surface area contributed by atoms with Crippen LogP contribution in [0.25, 0.3) is 0 Å². The van der Waals surface area contributed by atoms with Gasteiger partial charge in [-0.15, -0.1) is 0 Å². The van der Waals surface area contributed by atoms with Crippen LogP contribution in [0.4, 0.5) is 4.79 Å². The van der Waals surface area contributed by atoms with Crippen LogP contribution in [0.5, 0.6) is 0 Å². The molecule has 1 atom stereocenters. The third kappa shape index (κ3) is 4.48. The second-order valence-corrected chi connectivity index (χ2v) is 7.57. The molecule has 0 bridgehead atoms. The van der Waals surface area contributed by atoms with E-state index in [1.165, 1.54) is 16.7 Å². The molecule has 1 aromatic heterocycles. The van der Waals surface area contributed by atoms with Gasteiger partial charge < -0.3 is 10.2 Å². The summed E-state index contributed by atoms with van der Waals surface area (Å²) in [7, 11) is 0. The van der Waals surface area contributed by atoms with Crippen LogP contribution in [0.15, 0.2) is 48.8 Å². The Hall–Kier alpha value is -2.40. The SMILES string of the molecule is O=C(N[C@H]1CCCc2ccccc21)N1CCCN(Cc2cccnc2)CC1. The van der Waals surface area contributed by atoms with Crippen molar-refractivity contribution in [1.82, 2.24) is 20.1 Å². The smallest absolute Gasteiger partial charge is 0.317 e. The number of rotatable bonds is 3. The van der Waals surface area contributed by atoms with E-state index in [9.17, 15) is 4.79 Å². The van der Waals surface area contributed by atoms with Crippen molar-refractivity contribution in [3.63, 3.8) is 0 Å². The molecular weight excluding hydrogens is 336 g/mol. The quantitative estimate of drug-likeness (QED) is 0.908. The fourth-order valence-corrected chi connectivity index (χ4v) is 4.23. The van der Waals surface area contributed by atoms with Crippen LogP contribution in [-0.4, -0.2) is 47.0 Å². The molecule has 1 fully saturated rings. The lowest BCUT2D eigenvalue weighted by molar-refractivity contribution is 0.192. The first-order valence-corrected chi connectivity index (χ1v) is 10.0. The fourth-order valence-electron chi connectivity index (χ4n) is 4.23. The van der Waals surface area contributed by atoms with Crippen molar-refractivity contribution in [3.05, 3.63) is 65.5 Å². The summed E-state index contributed by atoms with van der Waals surface area (Å²) < 4.78 is 0. The predicted molar refractivity (Wildman–Crippen MR) is 106 cm³/mol. The molecule has 1 saturated heterocycles. The zero-order valence-corrected chi connectivity index (χ0v) is 15.8. The average Bonchev–Trinajstić information content (AvgIpc) is 2.95. The van der Waals surface area contributed by atoms with Gasteiger partial charge in [0.15, 0.2) is 0 Å². The minimum atomic E-state index is 0.0833. The minimum absolute atomic E-state index is 0.0833. The van der Waals surface area contributed by atoms with Crippen LogP contribution >= 0.6 is 0 Å². The van der Waals surface area contributed by atoms with Gasteiger partial charge in [-0.1, -0.05) is 30.3 Å². The Balaban J connectivity index is 1.34. The van der Waals surface area contributed by atoms with Crippen molar-refractivity contribution < 1.29 is 4.79 Å². The van der Waals surface area contributed by atoms with E-state index in [0.29, 0.717) is 0 Å². The molecule has 0 unspecified atom stereocenters. The third-order valence-electron chi connectivity index (χ3n) is 5.67. The highest BCUT2D eigenvalue weighted by Crippen LogP contribution is 2.29. The molecule has 2 amide bonds. The van der Waals surface area contributed by atoms with Crippen LogP contribution in [0.1, 0.15) is 42.0 Å². The molecule has 5 nitrogen and oxygen atoms in total. The Bertz CT molecular complexity index is 764. The van der Waals surface area contributed by atoms with E-state index in [1.807, 2.05) is 17.2 Å². The number of carbonyl (C=O) groups excluding carboxylic acids is 1. The summed E-state index contributed by atoms with van der Waals surface area (Å²) in [5.41, 5.74) is 3.91. The molecule has 5 heteroatoms. The molecule has 1 aromatic carbocycles. The molecule has 2 aliphatic rings. The van der Waals surface area contributed by atoms with E-state index in [2.05, 4.69) is 45.5 Å². The van der Waals surface area contributed by atoms with E-state index in [4.69, 9.17) is 0 Å². The van der Waals surface area contributed by atoms with Gasteiger partial charge in [-0.3, -0.25) is 9.88 Å². The lowest BCUT2D eigenvalue weighted by atomic mass is 9.88. The molecule has 142 valence electrons. The van der Waals surface area contributed by atoms with Crippen molar-refractivity contribution in [2.24, 2.45) is 0 Å². The van der Waals surface area contributed by atoms with Gasteiger partial charge in [0.1, 0.15) is 0 Å². The minimum Gasteiger partial charge on any atom is -0.331 e. The normalized spacial score (nSPS) is 20.6. The maximum Gasteiger partial charge on any atom is 0.317 e. The maximum absolute atomic E-state index is 12.9. The van der Waals surface area contributed by atoms with E-state index in [-0.39, 0.29) is 12.1 Å². The lowest BCUT2D eigenvalue weighted by Gasteiger charge is -2.29. The standard InChI is InChI=1S/C22H28N4O/c27-22(24-21-10-3-8-19-7-1-2-9-20(19)21)26-13-5-12-25(14-15-26)17-18-6-4-11-23-16-18/h1-2,4,6-7,9,11,16,21H,3,5,8,10,12-15,17H2,(H,24,27)/t21-/m0/s1. The summed E-state index contributed by atoms with van der Waals surface area (Å²) in [6.07, 6.45) is 8.03. The number of hydrogen-bond donors (Lipinski definition) is 1. The van der Waals surface area contributed by atoms with Gasteiger partial charge in [-0.2, -0.15) is 0 Å². The number of benzene rings is 1. The molecule has 2 aromatic rings. The zero-order valence-electron chi connectivity index (χ0n) is 15.8. The van der Waals surface area contributed by atoms with Gasteiger partial charge in [0, 0.05) is 45.1 Å². The Labute approximate surface area is 161 Å². The van der Waals surface area contributed by atoms with E-state index in [0.717, 1.165) is 58.4 Å². The first-order valence-electron chi connectivity index (χ1n) is 10.0. The molecule has 27 heavy (non-hydrogen) atoms. The largest absolute Gasteiger partial charge is 0.331 e. The number of pyridine rings is 1. The number of urea groups is 1. The number of amides is 2. The summed E-state index contributed by atoms with van der Waals surface area (Å²) >= 11 is 0. The monoisotopic (exact) mass is 364 g/mol. The molecule has 0 saturated carbocycles. The van der Waals surface area contributed by atoms with Gasteiger partial charge in [0.25, 0.3) is 0 Å². The summed E-state index contributed by atoms with van der Waals surface area (Å²) in [6.45, 7) is 4.43. The Morgan fingerprint density at radius 2 is 2.00 bits per heavy atom. The highest BCUT2D eigenvalue weighted by molar-refractivity contribution is 5.75. The van der Waals surface area contributed by atoms with Gasteiger partial charge >= 0.3 is 6.03 Å². The summed E-state index contributed by atoms with van der Waals surface area (Å²) in [6, 6.07) is 12.8. The summed E-state index contributed by atoms with van der Waals surface area (Å²) in [5.74, 6) is 0. The molecule has 1 aliphatic heterocycles. The molecule has 1 aliphatic carbocycles. The fraction of sp³-hybridized carbons (Fsp3) is 0.455. The first-order chi connectivity index (χ1) is 13.3. The molecule has 2 heterocycles. The van der Waals surface area contributed by atoms with E-state index < -0.39 is 0 Å². The zero-order chi connectivity index (χ0) is 18.5. The van der Waals surface area contributed by atoms with E-state index >= 15 is 0 Å². The van der Waals surface area contributed by atoms with Crippen LogP contribution in [0, 0.1) is 0 Å². The van der Waals surface area contributed by atoms with Gasteiger partial charge in [0.05, 0.1) is 6.04 Å². The number of carbonyl (C=O) groups is 1. The van der Waals surface area contributed by atoms with Crippen LogP contribution in [-0.2, 0) is 13.0 Å². The average molecular weight is 364 g/mol. The van der Waals surface area contributed by atoms with Gasteiger partial charge in [-0.25, -0.2) is 4.79 Å². The number of aryl methyl sites for hydroxylation is 1. The lowest BCUT2D eigenvalue weighted by Crippen LogP contribution is -2.44. The number of fused-ring (bicyclic) bond motifs is 1. The first kappa shape index (κ1) is 18.0. The Morgan fingerprint density at radius 1 is 1.07 bits per heavy atom. The number of hydrogen-bond acceptors (Lipinski definition) is 3. The van der Waals surface area contributed by atoms with Crippen molar-refractivity contribution in [2.45, 2.75) is 38.3 Å². The predicted octanol–water partition coefficient (Wildman–Crippen LogP) is 3.38. The van der Waals surface area contributed by atoms with Crippen molar-refractivity contribution in [1.29, 1.82) is 0 Å². The summed E-state index contributed by atoms with van der Waals surface area (Å²) in [4.78, 5) is 21.5. The molecule has 4 rings (SSSR count). The second kappa shape index (κ2) is 8.53. The maximum atomic E-state index is 12.9. The van der Waals surface area contributed by atoms with E-state index in [1.54, 1.807) is 6.20 Å². The second-order valence-electron chi connectivity index (χ2n) is 7.57. The molecule has 0 radical (unpaired) electrons. The van der Waals surface area contributed by atoms with Crippen molar-refractivity contribution >= 4 is 6.03 Å². The van der Waals surface area contributed by atoms with Gasteiger partial charge in [0.2, 0.25) is 0 Å². The molecular formula is C22H28N4O. The van der Waals surface area contributed by atoms with Gasteiger partial charge in [-0.05, 0) is 48.4 Å². The van der Waals surface area contributed by atoms with Crippen molar-refractivity contribution in [2.75, 3.05) is 26.2 Å². The third-order valence-corrected chi connectivity index (χ3v) is 5.67. The Kier molecular flexibility index (Phi) is 5.68. The molecule has 0 spiro atoms. The summed E-state index contributed by atoms with van der Waals surface area (Å²) in [5, 5.41) is 3.30. The Morgan fingerprint density at radius 3 is 2.89 bits per heavy atom. The highest BCUT2D eigenvalue weighted by Gasteiger charge is 2.25. The highest BCUT2D eigenvalue weighted by atomic mass is 16.2. The number of nitrogens with zero attached hydrogens (tertiary/aromatic N) is 3. The van der Waals surface area contributed by atoms with Crippen LogP contribution in [0.2, 0.25) is 0 Å². The number of aromatic nitrogens is 1. The van der Waals surface area contributed by atoms with Crippen LogP contribution in [0.3, 0.4) is 0 Å². The topological polar surface area (TPSA) is 48.5 Å².